The van der Waals surface area contributed by atoms with E-state index < -0.39 is 0 Å². The molecule has 5 rings (SSSR count). The highest BCUT2D eigenvalue weighted by atomic mass is 16.5. The summed E-state index contributed by atoms with van der Waals surface area (Å²) in [5, 5.41) is 3.23. The van der Waals surface area contributed by atoms with E-state index in [4.69, 9.17) is 10.5 Å². The highest BCUT2D eigenvalue weighted by Gasteiger charge is 2.38. The van der Waals surface area contributed by atoms with Crippen LogP contribution in [0.15, 0.2) is 48.5 Å². The molecule has 26 heavy (non-hydrogen) atoms. The number of carbonyl (C=O) groups is 1. The summed E-state index contributed by atoms with van der Waals surface area (Å²) in [6.45, 7) is 4.41. The number of nitrogens with one attached hydrogen (secondary N) is 1. The van der Waals surface area contributed by atoms with Gasteiger partial charge in [0.05, 0.1) is 0 Å². The van der Waals surface area contributed by atoms with Crippen LogP contribution >= 0.6 is 0 Å². The van der Waals surface area contributed by atoms with Crippen LogP contribution < -0.4 is 15.8 Å². The van der Waals surface area contributed by atoms with Gasteiger partial charge in [-0.3, -0.25) is 9.69 Å². The van der Waals surface area contributed by atoms with Crippen molar-refractivity contribution in [1.82, 2.24) is 10.2 Å². The van der Waals surface area contributed by atoms with E-state index in [2.05, 4.69) is 17.1 Å². The minimum atomic E-state index is -0.00422. The molecule has 3 N–H and O–H groups in total. The van der Waals surface area contributed by atoms with Gasteiger partial charge in [-0.05, 0) is 80.8 Å². The summed E-state index contributed by atoms with van der Waals surface area (Å²) in [6, 6.07) is 15.4. The van der Waals surface area contributed by atoms with E-state index in [0.717, 1.165) is 18.8 Å². The van der Waals surface area contributed by atoms with Gasteiger partial charge in [0.1, 0.15) is 11.5 Å². The number of ether oxygens (including phenoxy) is 1. The number of rotatable bonds is 4. The van der Waals surface area contributed by atoms with Crippen LogP contribution in [0.3, 0.4) is 0 Å². The van der Waals surface area contributed by atoms with Crippen LogP contribution in [-0.2, 0) is 0 Å². The Balaban J connectivity index is 1.37. The summed E-state index contributed by atoms with van der Waals surface area (Å²) < 4.78 is 5.78. The quantitative estimate of drug-likeness (QED) is 0.830. The molecule has 3 aliphatic heterocycles. The normalized spacial score (nSPS) is 27.1. The lowest BCUT2D eigenvalue weighted by Crippen LogP contribution is -2.60. The summed E-state index contributed by atoms with van der Waals surface area (Å²) in [5.74, 6) is 2.02. The number of nitrogens with two attached hydrogens (primary N) is 1. The molecule has 2 bridgehead atoms. The Bertz CT molecular complexity index is 773. The number of carbonyl (C=O) groups excluding carboxylic acids is 1. The lowest BCUT2D eigenvalue weighted by Gasteiger charge is -2.48. The molecule has 2 aromatic rings. The van der Waals surface area contributed by atoms with Crippen LogP contribution in [-0.4, -0.2) is 36.0 Å². The van der Waals surface area contributed by atoms with Crippen molar-refractivity contribution in [2.24, 2.45) is 5.92 Å². The van der Waals surface area contributed by atoms with Gasteiger partial charge in [-0.15, -0.1) is 0 Å². The van der Waals surface area contributed by atoms with Crippen LogP contribution in [0, 0.1) is 5.92 Å². The molecule has 0 radical (unpaired) electrons. The minimum Gasteiger partial charge on any atom is -0.457 e. The van der Waals surface area contributed by atoms with E-state index in [-0.39, 0.29) is 11.9 Å². The van der Waals surface area contributed by atoms with Crippen molar-refractivity contribution in [2.75, 3.05) is 18.8 Å². The molecule has 0 saturated carbocycles. The Hall–Kier alpha value is -2.53. The van der Waals surface area contributed by atoms with E-state index in [1.165, 1.54) is 12.8 Å². The van der Waals surface area contributed by atoms with Crippen molar-refractivity contribution in [1.29, 1.82) is 0 Å². The zero-order valence-electron chi connectivity index (χ0n) is 15.0. The molecule has 5 nitrogen and oxygen atoms in total. The lowest BCUT2D eigenvalue weighted by molar-refractivity contribution is 0.0274. The Morgan fingerprint density at radius 2 is 1.77 bits per heavy atom. The van der Waals surface area contributed by atoms with Gasteiger partial charge in [0, 0.05) is 29.9 Å². The first-order chi connectivity index (χ1) is 12.6. The molecule has 3 saturated heterocycles. The molecule has 3 heterocycles. The first-order valence-electron chi connectivity index (χ1n) is 9.27. The zero-order valence-corrected chi connectivity index (χ0v) is 15.0. The molecule has 0 aliphatic carbocycles. The largest absolute Gasteiger partial charge is 0.457 e. The lowest BCUT2D eigenvalue weighted by atomic mass is 9.80. The van der Waals surface area contributed by atoms with Crippen LogP contribution in [0.25, 0.3) is 0 Å². The number of fused-ring (bicyclic) bond motifs is 3. The average Bonchev–Trinajstić information content (AvgIpc) is 2.65. The summed E-state index contributed by atoms with van der Waals surface area (Å²) >= 11 is 0. The fourth-order valence-electron chi connectivity index (χ4n) is 4.06. The van der Waals surface area contributed by atoms with Gasteiger partial charge in [-0.25, -0.2) is 0 Å². The molecule has 4 atom stereocenters. The third kappa shape index (κ3) is 3.53. The number of anilines is 1. The SMILES string of the molecule is CC1CC2CCN1CC2NC(=O)c1ccc(Oc2ccc(N)cc2)cc1. The van der Waals surface area contributed by atoms with Crippen molar-refractivity contribution in [3.63, 3.8) is 0 Å². The van der Waals surface area contributed by atoms with Crippen LogP contribution in [0.1, 0.15) is 30.1 Å². The first kappa shape index (κ1) is 16.9. The molecule has 2 aromatic carbocycles. The fourth-order valence-corrected chi connectivity index (χ4v) is 4.06. The van der Waals surface area contributed by atoms with Crippen molar-refractivity contribution in [2.45, 2.75) is 31.8 Å². The molecular formula is C21H25N3O2. The number of piperidine rings is 3. The maximum atomic E-state index is 12.6. The van der Waals surface area contributed by atoms with E-state index >= 15 is 0 Å². The summed E-state index contributed by atoms with van der Waals surface area (Å²) in [4.78, 5) is 15.1. The topological polar surface area (TPSA) is 67.6 Å². The van der Waals surface area contributed by atoms with Crippen LogP contribution in [0.4, 0.5) is 5.69 Å². The molecule has 0 aromatic heterocycles. The molecule has 0 spiro atoms. The predicted molar refractivity (Wildman–Crippen MR) is 102 cm³/mol. The number of benzene rings is 2. The van der Waals surface area contributed by atoms with Gasteiger partial charge in [-0.2, -0.15) is 0 Å². The highest BCUT2D eigenvalue weighted by Crippen LogP contribution is 2.32. The number of nitrogens with zero attached hydrogens (tertiary/aromatic N) is 1. The Kier molecular flexibility index (Phi) is 4.55. The second-order valence-electron chi connectivity index (χ2n) is 7.40. The number of nitrogen functional groups attached to an aromatic ring is 1. The number of hydrogen-bond donors (Lipinski definition) is 2. The molecule has 3 aliphatic rings. The summed E-state index contributed by atoms with van der Waals surface area (Å²) in [6.07, 6.45) is 2.36. The third-order valence-corrected chi connectivity index (χ3v) is 5.60. The molecular weight excluding hydrogens is 326 g/mol. The number of amides is 1. The minimum absolute atomic E-state index is 0.00422. The Labute approximate surface area is 154 Å². The van der Waals surface area contributed by atoms with Crippen molar-refractivity contribution in [3.05, 3.63) is 54.1 Å². The molecule has 1 amide bonds. The zero-order chi connectivity index (χ0) is 18.1. The number of hydrogen-bond acceptors (Lipinski definition) is 4. The first-order valence-corrected chi connectivity index (χ1v) is 9.27. The van der Waals surface area contributed by atoms with Crippen LogP contribution in [0.2, 0.25) is 0 Å². The van der Waals surface area contributed by atoms with Crippen molar-refractivity contribution >= 4 is 11.6 Å². The van der Waals surface area contributed by atoms with E-state index in [0.29, 0.717) is 29.0 Å². The van der Waals surface area contributed by atoms with Gasteiger partial charge in [-0.1, -0.05) is 0 Å². The van der Waals surface area contributed by atoms with Gasteiger partial charge >= 0.3 is 0 Å². The van der Waals surface area contributed by atoms with E-state index in [1.807, 2.05) is 36.4 Å². The summed E-state index contributed by atoms with van der Waals surface area (Å²) in [7, 11) is 0. The van der Waals surface area contributed by atoms with Crippen LogP contribution in [0.5, 0.6) is 11.5 Å². The van der Waals surface area contributed by atoms with E-state index in [9.17, 15) is 4.79 Å². The standard InChI is InChI=1S/C21H25N3O2/c1-14-12-16-10-11-24(14)13-20(16)23-21(25)15-2-6-18(7-3-15)26-19-8-4-17(22)5-9-19/h2-9,14,16,20H,10-13,22H2,1H3,(H,23,25). The molecule has 3 fully saturated rings. The predicted octanol–water partition coefficient (Wildman–Crippen LogP) is 3.27. The monoisotopic (exact) mass is 351 g/mol. The maximum Gasteiger partial charge on any atom is 0.251 e. The maximum absolute atomic E-state index is 12.6. The fraction of sp³-hybridized carbons (Fsp3) is 0.381. The second kappa shape index (κ2) is 7.00. The molecule has 4 unspecified atom stereocenters. The molecule has 5 heteroatoms. The molecule has 136 valence electrons. The smallest absolute Gasteiger partial charge is 0.251 e. The van der Waals surface area contributed by atoms with Gasteiger partial charge in [0.15, 0.2) is 0 Å². The van der Waals surface area contributed by atoms with Gasteiger partial charge in [0.25, 0.3) is 5.91 Å². The van der Waals surface area contributed by atoms with E-state index in [1.54, 1.807) is 12.1 Å². The van der Waals surface area contributed by atoms with Crippen molar-refractivity contribution in [3.8, 4) is 11.5 Å². The third-order valence-electron chi connectivity index (χ3n) is 5.60. The van der Waals surface area contributed by atoms with Crippen molar-refractivity contribution < 1.29 is 9.53 Å². The summed E-state index contributed by atoms with van der Waals surface area (Å²) in [5.41, 5.74) is 7.04. The van der Waals surface area contributed by atoms with Gasteiger partial charge in [0.2, 0.25) is 0 Å². The second-order valence-corrected chi connectivity index (χ2v) is 7.40. The Morgan fingerprint density at radius 3 is 2.35 bits per heavy atom. The van der Waals surface area contributed by atoms with Gasteiger partial charge < -0.3 is 15.8 Å². The highest BCUT2D eigenvalue weighted by molar-refractivity contribution is 5.94. The average molecular weight is 351 g/mol. The Morgan fingerprint density at radius 1 is 1.12 bits per heavy atom.